The summed E-state index contributed by atoms with van der Waals surface area (Å²) >= 11 is 0. The molecule has 0 aromatic carbocycles. The fourth-order valence-electron chi connectivity index (χ4n) is 4.48. The average Bonchev–Trinajstić information content (AvgIpc) is 3.25. The maximum atomic E-state index is 13.4. The minimum atomic E-state index is -1.22. The highest BCUT2D eigenvalue weighted by Gasteiger charge is 2.30. The number of hydrogen-bond donors (Lipinski definition) is 1. The Kier molecular flexibility index (Phi) is 8.89. The molecule has 0 bridgehead atoms. The summed E-state index contributed by atoms with van der Waals surface area (Å²) in [5.41, 5.74) is 0.332. The molecule has 2 heterocycles. The van der Waals surface area contributed by atoms with E-state index in [0.29, 0.717) is 49.7 Å². The van der Waals surface area contributed by atoms with Crippen LogP contribution in [0.15, 0.2) is 17.2 Å². The predicted molar refractivity (Wildman–Crippen MR) is 135 cm³/mol. The van der Waals surface area contributed by atoms with Crippen LogP contribution in [0.2, 0.25) is 25.7 Å². The molecule has 1 aliphatic rings. The molecular weight excluding hydrogens is 468 g/mol. The Morgan fingerprint density at radius 3 is 2.49 bits per heavy atom. The Labute approximate surface area is 206 Å². The van der Waals surface area contributed by atoms with Crippen molar-refractivity contribution in [1.82, 2.24) is 19.2 Å². The molecule has 2 aromatic rings. The number of fused-ring (bicyclic) bond motifs is 1. The average molecular weight is 507 g/mol. The summed E-state index contributed by atoms with van der Waals surface area (Å²) in [6.45, 7) is 7.90. The molecule has 11 heteroatoms. The molecule has 1 amide bonds. The number of carbonyl (C=O) groups is 2. The van der Waals surface area contributed by atoms with E-state index in [4.69, 9.17) is 14.6 Å². The van der Waals surface area contributed by atoms with E-state index in [2.05, 4.69) is 24.7 Å². The van der Waals surface area contributed by atoms with Gasteiger partial charge in [0, 0.05) is 52.6 Å². The number of aliphatic hydroxyl groups excluding tert-OH is 1. The fraction of sp³-hybridized carbons (Fsp3) is 0.667. The van der Waals surface area contributed by atoms with Crippen LogP contribution in [-0.2, 0) is 21.0 Å². The lowest BCUT2D eigenvalue weighted by Crippen LogP contribution is -2.37. The second-order valence-electron chi connectivity index (χ2n) is 10.5. The SMILES string of the molecule is COC(=O)c1cn([C@H]2CC[C@@H](C(=O)N(C)CCO)CC2)c(=O)c2cn(COCC[Si](C)(C)C)nc12. The van der Waals surface area contributed by atoms with E-state index in [1.807, 2.05) is 0 Å². The zero-order chi connectivity index (χ0) is 25.8. The molecule has 0 saturated heterocycles. The van der Waals surface area contributed by atoms with Gasteiger partial charge in [0.1, 0.15) is 17.8 Å². The molecule has 0 radical (unpaired) electrons. The summed E-state index contributed by atoms with van der Waals surface area (Å²) in [7, 11) is 1.78. The second kappa shape index (κ2) is 11.5. The lowest BCUT2D eigenvalue weighted by atomic mass is 9.85. The van der Waals surface area contributed by atoms with Gasteiger partial charge in [-0.3, -0.25) is 9.59 Å². The van der Waals surface area contributed by atoms with Crippen molar-refractivity contribution < 1.29 is 24.2 Å². The molecular formula is C24H38N4O6Si. The largest absolute Gasteiger partial charge is 0.465 e. The molecule has 1 aliphatic carbocycles. The highest BCUT2D eigenvalue weighted by atomic mass is 28.3. The van der Waals surface area contributed by atoms with Crippen molar-refractivity contribution in [3.63, 3.8) is 0 Å². The number of methoxy groups -OCH3 is 1. The van der Waals surface area contributed by atoms with Gasteiger partial charge in [-0.15, -0.1) is 0 Å². The van der Waals surface area contributed by atoms with Gasteiger partial charge in [-0.25, -0.2) is 9.48 Å². The monoisotopic (exact) mass is 506 g/mol. The van der Waals surface area contributed by atoms with E-state index in [9.17, 15) is 14.4 Å². The Morgan fingerprint density at radius 1 is 1.20 bits per heavy atom. The molecule has 35 heavy (non-hydrogen) atoms. The van der Waals surface area contributed by atoms with Crippen LogP contribution >= 0.6 is 0 Å². The van der Waals surface area contributed by atoms with Crippen LogP contribution in [-0.4, -0.2) is 78.2 Å². The van der Waals surface area contributed by atoms with Gasteiger partial charge in [0.2, 0.25) is 5.91 Å². The van der Waals surface area contributed by atoms with Gasteiger partial charge in [0.15, 0.2) is 0 Å². The zero-order valence-electron chi connectivity index (χ0n) is 21.5. The maximum absolute atomic E-state index is 13.4. The number of likely N-dealkylation sites (N-methyl/N-ethyl adjacent to an activating group) is 1. The topological polar surface area (TPSA) is 116 Å². The van der Waals surface area contributed by atoms with E-state index in [-0.39, 0.29) is 42.3 Å². The number of rotatable bonds is 10. The second-order valence-corrected chi connectivity index (χ2v) is 16.1. The van der Waals surface area contributed by atoms with E-state index in [0.717, 1.165) is 6.04 Å². The van der Waals surface area contributed by atoms with Gasteiger partial charge in [0.25, 0.3) is 5.56 Å². The third kappa shape index (κ3) is 6.59. The number of nitrogens with zero attached hydrogens (tertiary/aromatic N) is 4. The normalized spacial score (nSPS) is 18.6. The van der Waals surface area contributed by atoms with Crippen molar-refractivity contribution in [3.05, 3.63) is 28.3 Å². The van der Waals surface area contributed by atoms with Crippen molar-refractivity contribution >= 4 is 30.9 Å². The highest BCUT2D eigenvalue weighted by molar-refractivity contribution is 6.76. The lowest BCUT2D eigenvalue weighted by molar-refractivity contribution is -0.135. The number of amides is 1. The molecule has 0 unspecified atom stereocenters. The van der Waals surface area contributed by atoms with Crippen LogP contribution in [0.1, 0.15) is 42.1 Å². The van der Waals surface area contributed by atoms with Crippen LogP contribution in [0.25, 0.3) is 10.9 Å². The number of aliphatic hydroxyl groups is 1. The van der Waals surface area contributed by atoms with Crippen molar-refractivity contribution in [2.75, 3.05) is 33.9 Å². The third-order valence-corrected chi connectivity index (χ3v) is 8.33. The first kappa shape index (κ1) is 27.1. The summed E-state index contributed by atoms with van der Waals surface area (Å²) in [6.07, 6.45) is 5.74. The smallest absolute Gasteiger partial charge is 0.341 e. The van der Waals surface area contributed by atoms with Crippen LogP contribution in [0.3, 0.4) is 0 Å². The van der Waals surface area contributed by atoms with Crippen LogP contribution in [0, 0.1) is 5.92 Å². The summed E-state index contributed by atoms with van der Waals surface area (Å²) < 4.78 is 13.9. The molecule has 1 saturated carbocycles. The summed E-state index contributed by atoms with van der Waals surface area (Å²) in [5, 5.41) is 13.9. The standard InChI is InChI=1S/C24H38N4O6Si/c1-26(10-11-29)22(30)17-6-8-18(9-7-17)28-15-20(24(32)33-2)21-19(23(28)31)14-27(25-21)16-34-12-13-35(3,4)5/h14-15,17-18,29H,6-13,16H2,1-5H3/t17-,18+. The molecule has 10 nitrogen and oxygen atoms in total. The minimum absolute atomic E-state index is 0.0194. The summed E-state index contributed by atoms with van der Waals surface area (Å²) in [4.78, 5) is 40.1. The number of hydrogen-bond acceptors (Lipinski definition) is 7. The highest BCUT2D eigenvalue weighted by Crippen LogP contribution is 2.33. The van der Waals surface area contributed by atoms with Crippen molar-refractivity contribution in [2.24, 2.45) is 5.92 Å². The fourth-order valence-corrected chi connectivity index (χ4v) is 5.24. The van der Waals surface area contributed by atoms with Gasteiger partial charge in [0.05, 0.1) is 19.1 Å². The van der Waals surface area contributed by atoms with Gasteiger partial charge >= 0.3 is 5.97 Å². The van der Waals surface area contributed by atoms with Crippen LogP contribution in [0.4, 0.5) is 0 Å². The lowest BCUT2D eigenvalue weighted by Gasteiger charge is -2.31. The number of carbonyl (C=O) groups excluding carboxylic acids is 2. The van der Waals surface area contributed by atoms with Crippen LogP contribution in [0.5, 0.6) is 0 Å². The molecule has 194 valence electrons. The van der Waals surface area contributed by atoms with Crippen LogP contribution < -0.4 is 5.56 Å². The molecule has 3 rings (SSSR count). The molecule has 0 atom stereocenters. The van der Waals surface area contributed by atoms with Gasteiger partial charge < -0.3 is 24.0 Å². The van der Waals surface area contributed by atoms with E-state index in [1.165, 1.54) is 7.11 Å². The Hall–Kier alpha value is -2.50. The van der Waals surface area contributed by atoms with Crippen molar-refractivity contribution in [3.8, 4) is 0 Å². The first-order valence-electron chi connectivity index (χ1n) is 12.2. The number of pyridine rings is 1. The molecule has 0 aliphatic heterocycles. The predicted octanol–water partition coefficient (Wildman–Crippen LogP) is 2.48. The summed E-state index contributed by atoms with van der Waals surface area (Å²) in [6, 6.07) is 0.897. The van der Waals surface area contributed by atoms with Gasteiger partial charge in [-0.2, -0.15) is 5.10 Å². The maximum Gasteiger partial charge on any atom is 0.341 e. The van der Waals surface area contributed by atoms with E-state index in [1.54, 1.807) is 33.6 Å². The summed E-state index contributed by atoms with van der Waals surface area (Å²) in [5.74, 6) is -0.660. The van der Waals surface area contributed by atoms with Gasteiger partial charge in [-0.05, 0) is 31.7 Å². The number of ether oxygens (including phenoxy) is 2. The minimum Gasteiger partial charge on any atom is -0.465 e. The molecule has 2 aromatic heterocycles. The number of aromatic nitrogens is 3. The van der Waals surface area contributed by atoms with Crippen molar-refractivity contribution in [1.29, 1.82) is 0 Å². The Bertz CT molecular complexity index is 1100. The van der Waals surface area contributed by atoms with E-state index >= 15 is 0 Å². The first-order chi connectivity index (χ1) is 16.6. The van der Waals surface area contributed by atoms with Crippen molar-refractivity contribution in [2.45, 2.75) is 64.1 Å². The first-order valence-corrected chi connectivity index (χ1v) is 15.9. The molecule has 1 fully saturated rings. The molecule has 0 spiro atoms. The molecule has 1 N–H and O–H groups in total. The third-order valence-electron chi connectivity index (χ3n) is 6.63. The van der Waals surface area contributed by atoms with Gasteiger partial charge in [-0.1, -0.05) is 19.6 Å². The zero-order valence-corrected chi connectivity index (χ0v) is 22.5. The quantitative estimate of drug-likeness (QED) is 0.299. The Balaban J connectivity index is 1.82. The number of esters is 1. The Morgan fingerprint density at radius 2 is 1.89 bits per heavy atom. The van der Waals surface area contributed by atoms with E-state index < -0.39 is 14.0 Å².